The molecule has 1 aromatic carbocycles. The zero-order valence-corrected chi connectivity index (χ0v) is 12.8. The third-order valence-corrected chi connectivity index (χ3v) is 3.37. The number of carbonyl (C=O) groups excluding carboxylic acids is 1. The van der Waals surface area contributed by atoms with Crippen molar-refractivity contribution in [1.29, 1.82) is 0 Å². The van der Waals surface area contributed by atoms with E-state index in [9.17, 15) is 9.18 Å². The lowest BCUT2D eigenvalue weighted by molar-refractivity contribution is -0.125. The van der Waals surface area contributed by atoms with E-state index in [1.165, 1.54) is 6.07 Å². The first-order chi connectivity index (χ1) is 10.6. The van der Waals surface area contributed by atoms with Crippen molar-refractivity contribution in [2.75, 3.05) is 20.6 Å². The second kappa shape index (κ2) is 7.66. The fourth-order valence-corrected chi connectivity index (χ4v) is 2.31. The summed E-state index contributed by atoms with van der Waals surface area (Å²) in [5.41, 5.74) is 1.29. The smallest absolute Gasteiger partial charge is 0.242 e. The molecular weight excluding hydrogens is 281 g/mol. The maximum absolute atomic E-state index is 13.9. The zero-order valence-electron chi connectivity index (χ0n) is 12.8. The number of halogens is 1. The zero-order chi connectivity index (χ0) is 15.9. The molecule has 0 saturated carbocycles. The maximum atomic E-state index is 13.9. The number of carbonyl (C=O) groups is 1. The molecule has 1 heterocycles. The molecule has 0 radical (unpaired) electrons. The van der Waals surface area contributed by atoms with Gasteiger partial charge in [-0.15, -0.1) is 0 Å². The van der Waals surface area contributed by atoms with E-state index in [1.54, 1.807) is 43.4 Å². The minimum atomic E-state index is -0.648. The summed E-state index contributed by atoms with van der Waals surface area (Å²) in [6, 6.07) is 11.4. The molecule has 1 unspecified atom stereocenters. The van der Waals surface area contributed by atoms with Gasteiger partial charge in [0.1, 0.15) is 11.9 Å². The number of pyridine rings is 1. The molecule has 0 fully saturated rings. The topological polar surface area (TPSA) is 45.2 Å². The van der Waals surface area contributed by atoms with Gasteiger partial charge in [0.05, 0.1) is 0 Å². The average molecular weight is 301 g/mol. The summed E-state index contributed by atoms with van der Waals surface area (Å²) in [7, 11) is 3.52. The van der Waals surface area contributed by atoms with Crippen molar-refractivity contribution in [3.8, 4) is 0 Å². The molecule has 116 valence electrons. The highest BCUT2D eigenvalue weighted by molar-refractivity contribution is 5.83. The molecule has 22 heavy (non-hydrogen) atoms. The van der Waals surface area contributed by atoms with E-state index in [1.807, 2.05) is 18.2 Å². The molecule has 0 aliphatic heterocycles. The largest absolute Gasteiger partial charge is 0.354 e. The minimum Gasteiger partial charge on any atom is -0.354 e. The Morgan fingerprint density at radius 3 is 2.59 bits per heavy atom. The first kappa shape index (κ1) is 16.1. The molecule has 0 spiro atoms. The van der Waals surface area contributed by atoms with E-state index in [4.69, 9.17) is 0 Å². The minimum absolute atomic E-state index is 0.217. The van der Waals surface area contributed by atoms with E-state index >= 15 is 0 Å². The van der Waals surface area contributed by atoms with Crippen LogP contribution in [-0.2, 0) is 11.2 Å². The van der Waals surface area contributed by atoms with Gasteiger partial charge in [-0.3, -0.25) is 14.7 Å². The molecule has 1 N–H and O–H groups in total. The Labute approximate surface area is 130 Å². The highest BCUT2D eigenvalue weighted by Crippen LogP contribution is 2.21. The van der Waals surface area contributed by atoms with Crippen molar-refractivity contribution in [2.45, 2.75) is 12.5 Å². The Bertz CT molecular complexity index is 616. The maximum Gasteiger partial charge on any atom is 0.242 e. The fourth-order valence-electron chi connectivity index (χ4n) is 2.31. The summed E-state index contributed by atoms with van der Waals surface area (Å²) in [5.74, 6) is -0.591. The van der Waals surface area contributed by atoms with E-state index < -0.39 is 6.04 Å². The Balaban J connectivity index is 2.00. The number of aromatic nitrogens is 1. The number of hydrogen-bond acceptors (Lipinski definition) is 3. The van der Waals surface area contributed by atoms with E-state index in [-0.39, 0.29) is 11.7 Å². The SMILES string of the molecule is CN(C)C(C(=O)NCCc1ccccn1)c1ccccc1F. The van der Waals surface area contributed by atoms with Gasteiger partial charge in [0.25, 0.3) is 0 Å². The van der Waals surface area contributed by atoms with Gasteiger partial charge in [-0.25, -0.2) is 4.39 Å². The molecule has 0 bridgehead atoms. The molecule has 1 aromatic heterocycles. The third-order valence-electron chi connectivity index (χ3n) is 3.37. The molecule has 1 atom stereocenters. The Morgan fingerprint density at radius 2 is 1.95 bits per heavy atom. The van der Waals surface area contributed by atoms with Crippen LogP contribution in [0.4, 0.5) is 4.39 Å². The summed E-state index contributed by atoms with van der Waals surface area (Å²) in [4.78, 5) is 18.3. The number of amides is 1. The fraction of sp³-hybridized carbons (Fsp3) is 0.294. The predicted octanol–water partition coefficient (Wildman–Crippen LogP) is 2.18. The van der Waals surface area contributed by atoms with Crippen LogP contribution in [0.3, 0.4) is 0 Å². The van der Waals surface area contributed by atoms with E-state index in [0.717, 1.165) is 5.69 Å². The third kappa shape index (κ3) is 4.11. The van der Waals surface area contributed by atoms with Gasteiger partial charge < -0.3 is 5.32 Å². The highest BCUT2D eigenvalue weighted by Gasteiger charge is 2.25. The van der Waals surface area contributed by atoms with Crippen LogP contribution in [0, 0.1) is 5.82 Å². The molecule has 0 saturated heterocycles. The molecule has 2 rings (SSSR count). The van der Waals surface area contributed by atoms with Crippen LogP contribution in [0.1, 0.15) is 17.3 Å². The summed E-state index contributed by atoms with van der Waals surface area (Å²) in [6.45, 7) is 0.467. The Kier molecular flexibility index (Phi) is 5.61. The number of rotatable bonds is 6. The van der Waals surface area contributed by atoms with Crippen molar-refractivity contribution >= 4 is 5.91 Å². The van der Waals surface area contributed by atoms with Crippen molar-refractivity contribution in [1.82, 2.24) is 15.2 Å². The van der Waals surface area contributed by atoms with Gasteiger partial charge in [0.15, 0.2) is 0 Å². The number of hydrogen-bond donors (Lipinski definition) is 1. The van der Waals surface area contributed by atoms with Crippen LogP contribution in [0.5, 0.6) is 0 Å². The van der Waals surface area contributed by atoms with Gasteiger partial charge in [-0.2, -0.15) is 0 Å². The number of nitrogens with zero attached hydrogens (tertiary/aromatic N) is 2. The summed E-state index contributed by atoms with van der Waals surface area (Å²) < 4.78 is 13.9. The molecular formula is C17H20FN3O. The predicted molar refractivity (Wildman–Crippen MR) is 83.8 cm³/mol. The number of likely N-dealkylation sites (N-methyl/N-ethyl adjacent to an activating group) is 1. The normalized spacial score (nSPS) is 12.2. The summed E-state index contributed by atoms with van der Waals surface area (Å²) >= 11 is 0. The Morgan fingerprint density at radius 1 is 1.23 bits per heavy atom. The van der Waals surface area contributed by atoms with Gasteiger partial charge >= 0.3 is 0 Å². The summed E-state index contributed by atoms with van der Waals surface area (Å²) in [5, 5.41) is 2.85. The first-order valence-corrected chi connectivity index (χ1v) is 7.18. The van der Waals surface area contributed by atoms with E-state index in [2.05, 4.69) is 10.3 Å². The molecule has 4 nitrogen and oxygen atoms in total. The van der Waals surface area contributed by atoms with Gasteiger partial charge in [-0.05, 0) is 32.3 Å². The molecule has 1 amide bonds. The van der Waals surface area contributed by atoms with Crippen LogP contribution < -0.4 is 5.32 Å². The lowest BCUT2D eigenvalue weighted by Gasteiger charge is -2.24. The molecule has 0 aliphatic rings. The number of nitrogens with one attached hydrogen (secondary N) is 1. The second-order valence-electron chi connectivity index (χ2n) is 5.25. The highest BCUT2D eigenvalue weighted by atomic mass is 19.1. The van der Waals surface area contributed by atoms with E-state index in [0.29, 0.717) is 18.5 Å². The van der Waals surface area contributed by atoms with Crippen LogP contribution in [0.2, 0.25) is 0 Å². The monoisotopic (exact) mass is 301 g/mol. The van der Waals surface area contributed by atoms with Crippen LogP contribution in [0.15, 0.2) is 48.7 Å². The molecule has 0 aliphatic carbocycles. The van der Waals surface area contributed by atoms with Crippen molar-refractivity contribution in [2.24, 2.45) is 0 Å². The van der Waals surface area contributed by atoms with Crippen LogP contribution in [0.25, 0.3) is 0 Å². The van der Waals surface area contributed by atoms with Crippen molar-refractivity contribution in [3.05, 3.63) is 65.7 Å². The molecule has 5 heteroatoms. The van der Waals surface area contributed by atoms with Crippen molar-refractivity contribution < 1.29 is 9.18 Å². The molecule has 2 aromatic rings. The van der Waals surface area contributed by atoms with Gasteiger partial charge in [0, 0.05) is 30.4 Å². The summed E-state index contributed by atoms with van der Waals surface area (Å²) in [6.07, 6.45) is 2.36. The lowest BCUT2D eigenvalue weighted by Crippen LogP contribution is -2.38. The second-order valence-corrected chi connectivity index (χ2v) is 5.25. The Hall–Kier alpha value is -2.27. The quantitative estimate of drug-likeness (QED) is 0.889. The number of benzene rings is 1. The van der Waals surface area contributed by atoms with Crippen LogP contribution >= 0.6 is 0 Å². The standard InChI is InChI=1S/C17H20FN3O/c1-21(2)16(14-8-3-4-9-15(14)18)17(22)20-12-10-13-7-5-6-11-19-13/h3-9,11,16H,10,12H2,1-2H3,(H,20,22). The average Bonchev–Trinajstić information content (AvgIpc) is 2.50. The van der Waals surface area contributed by atoms with Crippen molar-refractivity contribution in [3.63, 3.8) is 0 Å². The first-order valence-electron chi connectivity index (χ1n) is 7.18. The van der Waals surface area contributed by atoms with Crippen LogP contribution in [-0.4, -0.2) is 36.4 Å². The van der Waals surface area contributed by atoms with Gasteiger partial charge in [-0.1, -0.05) is 24.3 Å². The lowest BCUT2D eigenvalue weighted by atomic mass is 10.0. The van der Waals surface area contributed by atoms with Gasteiger partial charge in [0.2, 0.25) is 5.91 Å².